The molecule has 5 heteroatoms. The number of aliphatic hydroxyl groups is 1. The maximum Gasteiger partial charge on any atom is 0.223 e. The van der Waals surface area contributed by atoms with Crippen molar-refractivity contribution in [3.8, 4) is 5.75 Å². The summed E-state index contributed by atoms with van der Waals surface area (Å²) in [6, 6.07) is 5.64. The van der Waals surface area contributed by atoms with Crippen LogP contribution in [0.3, 0.4) is 0 Å². The Bertz CT molecular complexity index is 511. The summed E-state index contributed by atoms with van der Waals surface area (Å²) in [5, 5.41) is 9.24. The molecular weight excluding hydrogens is 270 g/mol. The lowest BCUT2D eigenvalue weighted by atomic mass is 10.0. The first-order valence-electron chi connectivity index (χ1n) is 7.47. The molecule has 0 spiro atoms. The molecule has 2 aliphatic heterocycles. The van der Waals surface area contributed by atoms with Gasteiger partial charge in [-0.15, -0.1) is 0 Å². The van der Waals surface area contributed by atoms with E-state index in [1.807, 2.05) is 23.1 Å². The van der Waals surface area contributed by atoms with Crippen molar-refractivity contribution in [1.29, 1.82) is 0 Å². The van der Waals surface area contributed by atoms with E-state index >= 15 is 0 Å². The van der Waals surface area contributed by atoms with Crippen LogP contribution in [0.2, 0.25) is 0 Å². The predicted octanol–water partition coefficient (Wildman–Crippen LogP) is 1.33. The maximum absolute atomic E-state index is 12.4. The number of hydrogen-bond donors (Lipinski definition) is 1. The second-order valence-electron chi connectivity index (χ2n) is 5.70. The molecule has 0 unspecified atom stereocenters. The molecule has 1 fully saturated rings. The Kier molecular flexibility index (Phi) is 4.41. The van der Waals surface area contributed by atoms with Crippen molar-refractivity contribution >= 4 is 5.91 Å². The first kappa shape index (κ1) is 14.4. The number of carbonyl (C=O) groups is 1. The van der Waals surface area contributed by atoms with Crippen LogP contribution < -0.4 is 4.74 Å². The predicted molar refractivity (Wildman–Crippen MR) is 76.8 cm³/mol. The van der Waals surface area contributed by atoms with E-state index in [-0.39, 0.29) is 12.5 Å². The Hall–Kier alpha value is -1.59. The zero-order valence-corrected chi connectivity index (χ0v) is 12.1. The van der Waals surface area contributed by atoms with Gasteiger partial charge in [-0.2, -0.15) is 0 Å². The molecule has 0 saturated carbocycles. The summed E-state index contributed by atoms with van der Waals surface area (Å²) in [5.41, 5.74) is 1.81. The average molecular weight is 291 g/mol. The fourth-order valence-electron chi connectivity index (χ4n) is 2.88. The monoisotopic (exact) mass is 291 g/mol. The van der Waals surface area contributed by atoms with Crippen molar-refractivity contribution < 1.29 is 19.4 Å². The number of amides is 1. The van der Waals surface area contributed by atoms with Gasteiger partial charge in [-0.25, -0.2) is 0 Å². The van der Waals surface area contributed by atoms with E-state index in [2.05, 4.69) is 0 Å². The van der Waals surface area contributed by atoms with Gasteiger partial charge in [-0.1, -0.05) is 6.07 Å². The third-order valence-corrected chi connectivity index (χ3v) is 4.13. The molecule has 0 aliphatic carbocycles. The molecule has 1 atom stereocenters. The summed E-state index contributed by atoms with van der Waals surface area (Å²) in [6.07, 6.45) is 1.52. The molecule has 0 radical (unpaired) electrons. The van der Waals surface area contributed by atoms with Gasteiger partial charge in [0.25, 0.3) is 0 Å². The van der Waals surface area contributed by atoms with Gasteiger partial charge in [0, 0.05) is 31.7 Å². The molecular formula is C16H21NO4. The first-order valence-corrected chi connectivity index (χ1v) is 7.47. The van der Waals surface area contributed by atoms with Gasteiger partial charge in [0.1, 0.15) is 12.4 Å². The molecule has 1 amide bonds. The van der Waals surface area contributed by atoms with Crippen LogP contribution in [0.4, 0.5) is 0 Å². The van der Waals surface area contributed by atoms with E-state index in [9.17, 15) is 9.90 Å². The molecule has 2 heterocycles. The number of carbonyl (C=O) groups excluding carboxylic acids is 1. The van der Waals surface area contributed by atoms with E-state index in [1.165, 1.54) is 0 Å². The van der Waals surface area contributed by atoms with Crippen molar-refractivity contribution in [2.24, 2.45) is 5.92 Å². The fraction of sp³-hybridized carbons (Fsp3) is 0.562. The van der Waals surface area contributed by atoms with Crippen LogP contribution in [0.25, 0.3) is 0 Å². The summed E-state index contributed by atoms with van der Waals surface area (Å²) in [6.45, 7) is 3.13. The molecule has 0 aromatic heterocycles. The van der Waals surface area contributed by atoms with E-state index in [0.29, 0.717) is 38.6 Å². The highest BCUT2D eigenvalue weighted by Gasteiger charge is 2.25. The lowest BCUT2D eigenvalue weighted by molar-refractivity contribution is -0.133. The Morgan fingerprint density at radius 3 is 3.05 bits per heavy atom. The SMILES string of the molecule is O=C(C[C@@H]1CCOC1)N1CCOc2ccc(CO)cc2C1. The highest BCUT2D eigenvalue weighted by molar-refractivity contribution is 5.76. The van der Waals surface area contributed by atoms with Crippen molar-refractivity contribution in [2.45, 2.75) is 26.0 Å². The molecule has 21 heavy (non-hydrogen) atoms. The number of fused-ring (bicyclic) bond motifs is 1. The standard InChI is InChI=1S/C16H21NO4/c18-10-12-1-2-15-14(7-12)9-17(4-6-21-15)16(19)8-13-3-5-20-11-13/h1-2,7,13,18H,3-6,8-11H2/t13-/m0/s1. The molecule has 1 aromatic carbocycles. The summed E-state index contributed by atoms with van der Waals surface area (Å²) >= 11 is 0. The van der Waals surface area contributed by atoms with Crippen LogP contribution in [0.1, 0.15) is 24.0 Å². The van der Waals surface area contributed by atoms with Crippen molar-refractivity contribution in [3.05, 3.63) is 29.3 Å². The maximum atomic E-state index is 12.4. The number of hydrogen-bond acceptors (Lipinski definition) is 4. The molecule has 3 rings (SSSR count). The van der Waals surface area contributed by atoms with E-state index in [1.54, 1.807) is 0 Å². The van der Waals surface area contributed by atoms with Crippen molar-refractivity contribution in [1.82, 2.24) is 4.90 Å². The average Bonchev–Trinajstić information content (AvgIpc) is 2.90. The van der Waals surface area contributed by atoms with E-state index < -0.39 is 0 Å². The van der Waals surface area contributed by atoms with Crippen LogP contribution in [0.15, 0.2) is 18.2 Å². The fourth-order valence-corrected chi connectivity index (χ4v) is 2.88. The van der Waals surface area contributed by atoms with Gasteiger partial charge in [-0.05, 0) is 30.0 Å². The Morgan fingerprint density at radius 1 is 1.38 bits per heavy atom. The molecule has 2 aliphatic rings. The smallest absolute Gasteiger partial charge is 0.223 e. The normalized spacial score (nSPS) is 21.6. The Morgan fingerprint density at radius 2 is 2.29 bits per heavy atom. The second-order valence-corrected chi connectivity index (χ2v) is 5.70. The molecule has 5 nitrogen and oxygen atoms in total. The minimum absolute atomic E-state index is 0.000634. The van der Waals surface area contributed by atoms with E-state index in [0.717, 1.165) is 29.9 Å². The lowest BCUT2D eigenvalue weighted by Gasteiger charge is -2.21. The van der Waals surface area contributed by atoms with Gasteiger partial charge in [0.15, 0.2) is 0 Å². The number of benzene rings is 1. The summed E-state index contributed by atoms with van der Waals surface area (Å²) < 4.78 is 11.0. The molecule has 1 saturated heterocycles. The van der Waals surface area contributed by atoms with Crippen LogP contribution in [0.5, 0.6) is 5.75 Å². The van der Waals surface area contributed by atoms with Gasteiger partial charge in [0.2, 0.25) is 5.91 Å². The number of ether oxygens (including phenoxy) is 2. The van der Waals surface area contributed by atoms with Crippen LogP contribution in [0, 0.1) is 5.92 Å². The highest BCUT2D eigenvalue weighted by atomic mass is 16.5. The summed E-state index contributed by atoms with van der Waals surface area (Å²) in [5.74, 6) is 1.33. The third-order valence-electron chi connectivity index (χ3n) is 4.13. The zero-order valence-electron chi connectivity index (χ0n) is 12.1. The first-order chi connectivity index (χ1) is 10.3. The van der Waals surface area contributed by atoms with Gasteiger partial charge < -0.3 is 19.5 Å². The molecule has 0 bridgehead atoms. The van der Waals surface area contributed by atoms with Crippen LogP contribution in [-0.2, 0) is 22.7 Å². The molecule has 114 valence electrons. The minimum Gasteiger partial charge on any atom is -0.491 e. The summed E-state index contributed by atoms with van der Waals surface area (Å²) in [7, 11) is 0. The van der Waals surface area contributed by atoms with Crippen molar-refractivity contribution in [2.75, 3.05) is 26.4 Å². The van der Waals surface area contributed by atoms with Crippen molar-refractivity contribution in [3.63, 3.8) is 0 Å². The lowest BCUT2D eigenvalue weighted by Crippen LogP contribution is -2.33. The van der Waals surface area contributed by atoms with Gasteiger partial charge in [0.05, 0.1) is 13.2 Å². The highest BCUT2D eigenvalue weighted by Crippen LogP contribution is 2.26. The van der Waals surface area contributed by atoms with Gasteiger partial charge >= 0.3 is 0 Å². The summed E-state index contributed by atoms with van der Waals surface area (Å²) in [4.78, 5) is 14.3. The largest absolute Gasteiger partial charge is 0.491 e. The zero-order chi connectivity index (χ0) is 14.7. The topological polar surface area (TPSA) is 59.0 Å². The molecule has 1 aromatic rings. The Labute approximate surface area is 124 Å². The van der Waals surface area contributed by atoms with Crippen LogP contribution in [-0.4, -0.2) is 42.3 Å². The number of nitrogens with zero attached hydrogens (tertiary/aromatic N) is 1. The molecule has 1 N–H and O–H groups in total. The Balaban J connectivity index is 1.70. The third kappa shape index (κ3) is 3.36. The number of aliphatic hydroxyl groups excluding tert-OH is 1. The number of rotatable bonds is 3. The van der Waals surface area contributed by atoms with Crippen LogP contribution >= 0.6 is 0 Å². The minimum atomic E-state index is 0.000634. The second kappa shape index (κ2) is 6.45. The van der Waals surface area contributed by atoms with E-state index in [4.69, 9.17) is 9.47 Å². The van der Waals surface area contributed by atoms with Gasteiger partial charge in [-0.3, -0.25) is 4.79 Å². The quantitative estimate of drug-likeness (QED) is 0.912.